The average Bonchev–Trinajstić information content (AvgIpc) is 2.80. The van der Waals surface area contributed by atoms with Crippen LogP contribution in [0.15, 0.2) is 27.2 Å². The predicted octanol–water partition coefficient (Wildman–Crippen LogP) is 3.17. The van der Waals surface area contributed by atoms with Crippen molar-refractivity contribution in [2.24, 2.45) is 5.73 Å². The minimum Gasteiger partial charge on any atom is -0.334 e. The summed E-state index contributed by atoms with van der Waals surface area (Å²) in [5.74, 6) is 1.27. The van der Waals surface area contributed by atoms with E-state index in [9.17, 15) is 0 Å². The molecular formula is C11H11BrIN3O. The molecule has 0 aliphatic rings. The third-order valence-corrected chi connectivity index (χ3v) is 3.76. The molecule has 1 aromatic carbocycles. The lowest BCUT2D eigenvalue weighted by Gasteiger charge is -2.00. The molecule has 0 spiro atoms. The Morgan fingerprint density at radius 3 is 3.00 bits per heavy atom. The largest absolute Gasteiger partial charge is 0.334 e. The highest BCUT2D eigenvalue weighted by Crippen LogP contribution is 2.29. The van der Waals surface area contributed by atoms with Crippen LogP contribution in [0.3, 0.4) is 0 Å². The Balaban J connectivity index is 2.40. The first-order chi connectivity index (χ1) is 8.11. The second kappa shape index (κ2) is 5.45. The number of nitrogens with two attached hydrogens (primary N) is 1. The number of hydrogen-bond donors (Lipinski definition) is 1. The standard InChI is InChI=1S/C11H11BrIN3O/c1-6(5-14)10-15-11(17-16-10)8-4-7(13)2-3-9(8)12/h2-4,6H,5,14H2,1H3. The number of nitrogens with zero attached hydrogens (tertiary/aromatic N) is 2. The van der Waals surface area contributed by atoms with E-state index >= 15 is 0 Å². The van der Waals surface area contributed by atoms with Crippen molar-refractivity contribution in [1.29, 1.82) is 0 Å². The van der Waals surface area contributed by atoms with Gasteiger partial charge < -0.3 is 10.3 Å². The van der Waals surface area contributed by atoms with Crippen molar-refractivity contribution < 1.29 is 4.52 Å². The molecule has 2 rings (SSSR count). The summed E-state index contributed by atoms with van der Waals surface area (Å²) in [7, 11) is 0. The maximum atomic E-state index is 5.57. The number of halogens is 2. The van der Waals surface area contributed by atoms with Crippen LogP contribution in [-0.2, 0) is 0 Å². The molecule has 2 aromatic rings. The van der Waals surface area contributed by atoms with E-state index in [1.165, 1.54) is 0 Å². The van der Waals surface area contributed by atoms with Crippen molar-refractivity contribution in [2.75, 3.05) is 6.54 Å². The lowest BCUT2D eigenvalue weighted by Crippen LogP contribution is -2.10. The Hall–Kier alpha value is -0.470. The molecule has 4 nitrogen and oxygen atoms in total. The fourth-order valence-corrected chi connectivity index (χ4v) is 2.22. The molecule has 17 heavy (non-hydrogen) atoms. The summed E-state index contributed by atoms with van der Waals surface area (Å²) in [5, 5.41) is 3.94. The summed E-state index contributed by atoms with van der Waals surface area (Å²) in [6.07, 6.45) is 0. The zero-order valence-electron chi connectivity index (χ0n) is 9.15. The summed E-state index contributed by atoms with van der Waals surface area (Å²) in [6, 6.07) is 5.97. The molecule has 0 fully saturated rings. The van der Waals surface area contributed by atoms with Crippen LogP contribution in [-0.4, -0.2) is 16.7 Å². The normalized spacial score (nSPS) is 12.7. The smallest absolute Gasteiger partial charge is 0.259 e. The molecule has 0 aliphatic carbocycles. The molecule has 6 heteroatoms. The molecule has 0 saturated heterocycles. The molecule has 0 amide bonds. The molecule has 0 radical (unpaired) electrons. The molecule has 0 saturated carbocycles. The SMILES string of the molecule is CC(CN)c1noc(-c2cc(I)ccc2Br)n1. The van der Waals surface area contributed by atoms with E-state index in [0.29, 0.717) is 18.3 Å². The van der Waals surface area contributed by atoms with Gasteiger partial charge in [-0.3, -0.25) is 0 Å². The Morgan fingerprint density at radius 1 is 1.53 bits per heavy atom. The second-order valence-electron chi connectivity index (χ2n) is 3.72. The van der Waals surface area contributed by atoms with Gasteiger partial charge in [0.15, 0.2) is 5.82 Å². The van der Waals surface area contributed by atoms with E-state index in [-0.39, 0.29) is 5.92 Å². The van der Waals surface area contributed by atoms with Gasteiger partial charge in [-0.15, -0.1) is 0 Å². The first-order valence-electron chi connectivity index (χ1n) is 5.11. The number of hydrogen-bond acceptors (Lipinski definition) is 4. The van der Waals surface area contributed by atoms with Crippen LogP contribution in [0.2, 0.25) is 0 Å². The Kier molecular flexibility index (Phi) is 4.16. The topological polar surface area (TPSA) is 64.9 Å². The maximum absolute atomic E-state index is 5.57. The van der Waals surface area contributed by atoms with Gasteiger partial charge in [0.05, 0.1) is 5.56 Å². The maximum Gasteiger partial charge on any atom is 0.259 e. The van der Waals surface area contributed by atoms with Crippen molar-refractivity contribution in [3.63, 3.8) is 0 Å². The highest BCUT2D eigenvalue weighted by Gasteiger charge is 2.15. The van der Waals surface area contributed by atoms with Crippen LogP contribution in [0.4, 0.5) is 0 Å². The fourth-order valence-electron chi connectivity index (χ4n) is 1.31. The van der Waals surface area contributed by atoms with Crippen LogP contribution >= 0.6 is 38.5 Å². The fraction of sp³-hybridized carbons (Fsp3) is 0.273. The Bertz CT molecular complexity index is 529. The number of aromatic nitrogens is 2. The van der Waals surface area contributed by atoms with E-state index in [4.69, 9.17) is 10.3 Å². The lowest BCUT2D eigenvalue weighted by molar-refractivity contribution is 0.417. The van der Waals surface area contributed by atoms with E-state index < -0.39 is 0 Å². The Morgan fingerprint density at radius 2 is 2.29 bits per heavy atom. The van der Waals surface area contributed by atoms with Crippen LogP contribution in [0.5, 0.6) is 0 Å². The van der Waals surface area contributed by atoms with Crippen LogP contribution < -0.4 is 5.73 Å². The molecule has 1 unspecified atom stereocenters. The van der Waals surface area contributed by atoms with Crippen molar-refractivity contribution in [3.05, 3.63) is 32.1 Å². The molecule has 0 bridgehead atoms. The zero-order valence-corrected chi connectivity index (χ0v) is 12.9. The van der Waals surface area contributed by atoms with Gasteiger partial charge in [-0.25, -0.2) is 0 Å². The molecule has 1 atom stereocenters. The molecular weight excluding hydrogens is 397 g/mol. The van der Waals surface area contributed by atoms with Crippen molar-refractivity contribution in [3.8, 4) is 11.5 Å². The quantitative estimate of drug-likeness (QED) is 0.793. The molecule has 2 N–H and O–H groups in total. The third-order valence-electron chi connectivity index (χ3n) is 2.39. The zero-order chi connectivity index (χ0) is 12.4. The average molecular weight is 408 g/mol. The lowest BCUT2D eigenvalue weighted by atomic mass is 10.2. The first-order valence-corrected chi connectivity index (χ1v) is 6.98. The summed E-state index contributed by atoms with van der Waals surface area (Å²) < 4.78 is 7.32. The minimum absolute atomic E-state index is 0.106. The van der Waals surface area contributed by atoms with Gasteiger partial charge in [0.1, 0.15) is 0 Å². The van der Waals surface area contributed by atoms with Crippen LogP contribution in [0.25, 0.3) is 11.5 Å². The predicted molar refractivity (Wildman–Crippen MR) is 77.6 cm³/mol. The van der Waals surface area contributed by atoms with Crippen molar-refractivity contribution >= 4 is 38.5 Å². The van der Waals surface area contributed by atoms with Crippen molar-refractivity contribution in [1.82, 2.24) is 10.1 Å². The highest BCUT2D eigenvalue weighted by molar-refractivity contribution is 14.1. The van der Waals surface area contributed by atoms with Crippen LogP contribution in [0, 0.1) is 3.57 Å². The summed E-state index contributed by atoms with van der Waals surface area (Å²) >= 11 is 5.72. The van der Waals surface area contributed by atoms with E-state index in [2.05, 4.69) is 48.7 Å². The van der Waals surface area contributed by atoms with Crippen molar-refractivity contribution in [2.45, 2.75) is 12.8 Å². The highest BCUT2D eigenvalue weighted by atomic mass is 127. The van der Waals surface area contributed by atoms with Gasteiger partial charge in [-0.1, -0.05) is 12.1 Å². The van der Waals surface area contributed by atoms with Gasteiger partial charge in [0.25, 0.3) is 5.89 Å². The number of benzene rings is 1. The monoisotopic (exact) mass is 407 g/mol. The molecule has 1 heterocycles. The molecule has 0 aliphatic heterocycles. The third kappa shape index (κ3) is 2.86. The van der Waals surface area contributed by atoms with Crippen LogP contribution in [0.1, 0.15) is 18.7 Å². The summed E-state index contributed by atoms with van der Waals surface area (Å²) in [6.45, 7) is 2.48. The Labute approximate surface area is 121 Å². The van der Waals surface area contributed by atoms with Gasteiger partial charge >= 0.3 is 0 Å². The molecule has 90 valence electrons. The van der Waals surface area contributed by atoms with Gasteiger partial charge in [-0.05, 0) is 56.7 Å². The van der Waals surface area contributed by atoms with E-state index in [1.54, 1.807) is 0 Å². The number of rotatable bonds is 3. The first kappa shape index (κ1) is 13.0. The van der Waals surface area contributed by atoms with Gasteiger partial charge in [0.2, 0.25) is 0 Å². The van der Waals surface area contributed by atoms with E-state index in [0.717, 1.165) is 13.6 Å². The second-order valence-corrected chi connectivity index (χ2v) is 5.82. The summed E-state index contributed by atoms with van der Waals surface area (Å²) in [4.78, 5) is 4.36. The van der Waals surface area contributed by atoms with Gasteiger partial charge in [0, 0.05) is 20.5 Å². The minimum atomic E-state index is 0.106. The summed E-state index contributed by atoms with van der Waals surface area (Å²) in [5.41, 5.74) is 6.48. The molecule has 1 aromatic heterocycles. The van der Waals surface area contributed by atoms with E-state index in [1.807, 2.05) is 25.1 Å². The van der Waals surface area contributed by atoms with Gasteiger partial charge in [-0.2, -0.15) is 4.98 Å².